The molecule has 1 aliphatic carbocycles. The van der Waals surface area contributed by atoms with Gasteiger partial charge in [-0.05, 0) is 24.6 Å². The SMILES string of the molecule is CC(=O)c1cccc(NC(=O)[C@@]2(c3ccccc3)CC2(Cl)Cl)c1. The van der Waals surface area contributed by atoms with Gasteiger partial charge in [-0.3, -0.25) is 9.59 Å². The lowest BCUT2D eigenvalue weighted by atomic mass is 9.94. The number of rotatable bonds is 4. The van der Waals surface area contributed by atoms with Crippen molar-refractivity contribution in [3.05, 3.63) is 65.7 Å². The molecule has 3 nitrogen and oxygen atoms in total. The van der Waals surface area contributed by atoms with Crippen molar-refractivity contribution in [3.8, 4) is 0 Å². The maximum absolute atomic E-state index is 12.8. The lowest BCUT2D eigenvalue weighted by Crippen LogP contribution is -2.32. The van der Waals surface area contributed by atoms with Crippen LogP contribution in [0.25, 0.3) is 0 Å². The lowest BCUT2D eigenvalue weighted by Gasteiger charge is -2.18. The molecule has 0 radical (unpaired) electrons. The van der Waals surface area contributed by atoms with E-state index in [1.54, 1.807) is 24.3 Å². The summed E-state index contributed by atoms with van der Waals surface area (Å²) >= 11 is 12.6. The average molecular weight is 348 g/mol. The summed E-state index contributed by atoms with van der Waals surface area (Å²) in [4.78, 5) is 24.3. The fourth-order valence-electron chi connectivity index (χ4n) is 2.76. The number of amides is 1. The summed E-state index contributed by atoms with van der Waals surface area (Å²) in [6, 6.07) is 16.1. The van der Waals surface area contributed by atoms with Crippen LogP contribution in [0.5, 0.6) is 0 Å². The minimum Gasteiger partial charge on any atom is -0.325 e. The third-order valence-electron chi connectivity index (χ3n) is 4.17. The van der Waals surface area contributed by atoms with Gasteiger partial charge in [-0.25, -0.2) is 0 Å². The molecule has 1 amide bonds. The third kappa shape index (κ3) is 2.75. The number of anilines is 1. The average Bonchev–Trinajstić information content (AvgIpc) is 3.12. The summed E-state index contributed by atoms with van der Waals surface area (Å²) in [5.41, 5.74) is 0.901. The van der Waals surface area contributed by atoms with Gasteiger partial charge >= 0.3 is 0 Å². The predicted octanol–water partition coefficient (Wildman–Crippen LogP) is 4.34. The van der Waals surface area contributed by atoms with Gasteiger partial charge in [-0.1, -0.05) is 42.5 Å². The van der Waals surface area contributed by atoms with E-state index in [2.05, 4.69) is 5.32 Å². The molecular weight excluding hydrogens is 333 g/mol. The smallest absolute Gasteiger partial charge is 0.238 e. The molecule has 1 fully saturated rings. The summed E-state index contributed by atoms with van der Waals surface area (Å²) < 4.78 is -1.13. The van der Waals surface area contributed by atoms with Crippen LogP contribution in [0.1, 0.15) is 29.3 Å². The molecule has 5 heteroatoms. The number of carbonyl (C=O) groups excluding carboxylic acids is 2. The molecule has 0 heterocycles. The topological polar surface area (TPSA) is 46.2 Å². The van der Waals surface area contributed by atoms with Crippen molar-refractivity contribution < 1.29 is 9.59 Å². The number of nitrogens with one attached hydrogen (secondary N) is 1. The van der Waals surface area contributed by atoms with Crippen LogP contribution >= 0.6 is 23.2 Å². The predicted molar refractivity (Wildman–Crippen MR) is 92.3 cm³/mol. The number of carbonyl (C=O) groups is 2. The Hall–Kier alpha value is -1.84. The molecular formula is C18H15Cl2NO2. The van der Waals surface area contributed by atoms with Crippen molar-refractivity contribution in [2.24, 2.45) is 0 Å². The highest BCUT2D eigenvalue weighted by Gasteiger charge is 2.72. The van der Waals surface area contributed by atoms with E-state index in [4.69, 9.17) is 23.2 Å². The summed E-state index contributed by atoms with van der Waals surface area (Å²) in [6.45, 7) is 1.48. The Bertz CT molecular complexity index is 774. The van der Waals surface area contributed by atoms with E-state index in [1.165, 1.54) is 6.92 Å². The number of halogens is 2. The number of alkyl halides is 2. The quantitative estimate of drug-likeness (QED) is 0.660. The van der Waals surface area contributed by atoms with Crippen molar-refractivity contribution >= 4 is 40.6 Å². The number of benzene rings is 2. The van der Waals surface area contributed by atoms with Crippen LogP contribution in [0.4, 0.5) is 5.69 Å². The van der Waals surface area contributed by atoms with Crippen LogP contribution in [0.15, 0.2) is 54.6 Å². The molecule has 2 aromatic rings. The van der Waals surface area contributed by atoms with Gasteiger partial charge in [0.15, 0.2) is 5.78 Å². The number of hydrogen-bond donors (Lipinski definition) is 1. The highest BCUT2D eigenvalue weighted by Crippen LogP contribution is 2.65. The summed E-state index contributed by atoms with van der Waals surface area (Å²) in [6.07, 6.45) is 0.353. The van der Waals surface area contributed by atoms with Gasteiger partial charge in [0.05, 0.1) is 0 Å². The molecule has 1 N–H and O–H groups in total. The Kier molecular flexibility index (Phi) is 3.95. The van der Waals surface area contributed by atoms with E-state index in [9.17, 15) is 9.59 Å². The van der Waals surface area contributed by atoms with Crippen LogP contribution in [0.3, 0.4) is 0 Å². The minimum atomic E-state index is -1.13. The van der Waals surface area contributed by atoms with Crippen LogP contribution in [0, 0.1) is 0 Å². The van der Waals surface area contributed by atoms with E-state index in [1.807, 2.05) is 30.3 Å². The van der Waals surface area contributed by atoms with Gasteiger partial charge in [-0.2, -0.15) is 0 Å². The molecule has 1 aliphatic rings. The minimum absolute atomic E-state index is 0.0608. The van der Waals surface area contributed by atoms with E-state index in [-0.39, 0.29) is 11.7 Å². The molecule has 3 rings (SSSR count). The Morgan fingerprint density at radius 2 is 1.70 bits per heavy atom. The molecule has 0 bridgehead atoms. The van der Waals surface area contributed by atoms with E-state index < -0.39 is 9.75 Å². The molecule has 118 valence electrons. The van der Waals surface area contributed by atoms with Gasteiger partial charge in [0.1, 0.15) is 9.75 Å². The van der Waals surface area contributed by atoms with Gasteiger partial charge < -0.3 is 5.32 Å². The molecule has 0 unspecified atom stereocenters. The molecule has 1 saturated carbocycles. The van der Waals surface area contributed by atoms with Crippen LogP contribution in [-0.4, -0.2) is 16.0 Å². The molecule has 23 heavy (non-hydrogen) atoms. The largest absolute Gasteiger partial charge is 0.325 e. The molecule has 0 aliphatic heterocycles. The Morgan fingerprint density at radius 1 is 1.04 bits per heavy atom. The summed E-state index contributed by atoms with van der Waals surface area (Å²) in [7, 11) is 0. The first-order valence-corrected chi connectivity index (χ1v) is 7.98. The van der Waals surface area contributed by atoms with Gasteiger partial charge in [-0.15, -0.1) is 23.2 Å². The van der Waals surface area contributed by atoms with Crippen molar-refractivity contribution in [2.75, 3.05) is 5.32 Å². The second-order valence-electron chi connectivity index (χ2n) is 5.74. The fourth-order valence-corrected chi connectivity index (χ4v) is 3.55. The Labute approximate surface area is 144 Å². The zero-order valence-corrected chi connectivity index (χ0v) is 14.0. The van der Waals surface area contributed by atoms with Crippen molar-refractivity contribution in [3.63, 3.8) is 0 Å². The van der Waals surface area contributed by atoms with Gasteiger partial charge in [0.2, 0.25) is 5.91 Å². The van der Waals surface area contributed by atoms with Crippen LogP contribution < -0.4 is 5.32 Å². The molecule has 0 spiro atoms. The first-order chi connectivity index (χ1) is 10.9. The second kappa shape index (κ2) is 5.66. The van der Waals surface area contributed by atoms with Crippen molar-refractivity contribution in [2.45, 2.75) is 23.1 Å². The number of Topliss-reactive ketones (excluding diaryl/α,β-unsaturated/α-hetero) is 1. The van der Waals surface area contributed by atoms with E-state index in [0.29, 0.717) is 17.7 Å². The normalized spacial score (nSPS) is 21.5. The second-order valence-corrected chi connectivity index (χ2v) is 7.23. The van der Waals surface area contributed by atoms with Gasteiger partial charge in [0.25, 0.3) is 0 Å². The maximum Gasteiger partial charge on any atom is 0.238 e. The third-order valence-corrected chi connectivity index (χ3v) is 5.08. The summed E-state index contributed by atoms with van der Waals surface area (Å²) in [5, 5.41) is 2.83. The molecule has 0 saturated heterocycles. The molecule has 1 atom stereocenters. The highest BCUT2D eigenvalue weighted by atomic mass is 35.5. The highest BCUT2D eigenvalue weighted by molar-refractivity contribution is 6.54. The first-order valence-electron chi connectivity index (χ1n) is 7.23. The summed E-state index contributed by atoms with van der Waals surface area (Å²) in [5.74, 6) is -0.330. The number of ketones is 1. The fraction of sp³-hybridized carbons (Fsp3) is 0.222. The standard InChI is InChI=1S/C18H15Cl2NO2/c1-12(22)13-6-5-9-15(10-13)21-16(23)17(11-18(17,19)20)14-7-3-2-4-8-14/h2-10H,11H2,1H3,(H,21,23)/t17-/m0/s1. The number of hydrogen-bond acceptors (Lipinski definition) is 2. The van der Waals surface area contributed by atoms with Crippen LogP contribution in [-0.2, 0) is 10.2 Å². The molecule has 2 aromatic carbocycles. The van der Waals surface area contributed by atoms with E-state index >= 15 is 0 Å². The zero-order valence-electron chi connectivity index (χ0n) is 12.5. The molecule has 0 aromatic heterocycles. The van der Waals surface area contributed by atoms with Gasteiger partial charge in [0, 0.05) is 17.7 Å². The zero-order chi connectivity index (χ0) is 16.7. The van der Waals surface area contributed by atoms with E-state index in [0.717, 1.165) is 5.56 Å². The Balaban J connectivity index is 1.90. The monoisotopic (exact) mass is 347 g/mol. The Morgan fingerprint density at radius 3 is 2.26 bits per heavy atom. The van der Waals surface area contributed by atoms with Crippen molar-refractivity contribution in [1.82, 2.24) is 0 Å². The van der Waals surface area contributed by atoms with Crippen molar-refractivity contribution in [1.29, 1.82) is 0 Å². The first kappa shape index (κ1) is 16.0. The maximum atomic E-state index is 12.8. The van der Waals surface area contributed by atoms with Crippen LogP contribution in [0.2, 0.25) is 0 Å². The lowest BCUT2D eigenvalue weighted by molar-refractivity contribution is -0.118.